The highest BCUT2D eigenvalue weighted by Crippen LogP contribution is 2.23. The van der Waals surface area contributed by atoms with Gasteiger partial charge in [0.1, 0.15) is 10.8 Å². The van der Waals surface area contributed by atoms with Crippen LogP contribution in [0.25, 0.3) is 0 Å². The molecule has 0 aromatic carbocycles. The summed E-state index contributed by atoms with van der Waals surface area (Å²) in [6.45, 7) is 5.98. The van der Waals surface area contributed by atoms with Gasteiger partial charge in [-0.05, 0) is 32.4 Å². The number of hydrogen-bond donors (Lipinski definition) is 1. The maximum absolute atomic E-state index is 5.78. The normalized spacial score (nSPS) is 12.5. The van der Waals surface area contributed by atoms with E-state index in [0.29, 0.717) is 0 Å². The van der Waals surface area contributed by atoms with Crippen LogP contribution in [-0.4, -0.2) is 15.0 Å². The van der Waals surface area contributed by atoms with Crippen LogP contribution in [0.5, 0.6) is 0 Å². The third-order valence-electron chi connectivity index (χ3n) is 2.30. The third-order valence-corrected chi connectivity index (χ3v) is 3.63. The van der Waals surface area contributed by atoms with Gasteiger partial charge in [0.05, 0.1) is 6.04 Å². The number of thiazole rings is 1. The minimum atomic E-state index is 0.110. The molecule has 90 valence electrons. The van der Waals surface area contributed by atoms with Crippen molar-refractivity contribution in [3.63, 3.8) is 0 Å². The molecule has 1 atom stereocenters. The van der Waals surface area contributed by atoms with Gasteiger partial charge in [-0.2, -0.15) is 0 Å². The Bertz CT molecular complexity index is 526. The van der Waals surface area contributed by atoms with Crippen molar-refractivity contribution in [2.45, 2.75) is 26.8 Å². The third kappa shape index (κ3) is 2.92. The lowest BCUT2D eigenvalue weighted by molar-refractivity contribution is 0.850. The van der Waals surface area contributed by atoms with Crippen LogP contribution >= 0.6 is 22.9 Å². The molecule has 0 aliphatic rings. The Kier molecular flexibility index (Phi) is 3.59. The minimum Gasteiger partial charge on any atom is -0.361 e. The zero-order valence-electron chi connectivity index (χ0n) is 9.86. The van der Waals surface area contributed by atoms with Crippen LogP contribution in [0, 0.1) is 13.8 Å². The lowest BCUT2D eigenvalue weighted by Gasteiger charge is -2.13. The fourth-order valence-electron chi connectivity index (χ4n) is 1.40. The van der Waals surface area contributed by atoms with Crippen LogP contribution < -0.4 is 5.32 Å². The minimum absolute atomic E-state index is 0.110. The molecule has 0 saturated carbocycles. The van der Waals surface area contributed by atoms with Gasteiger partial charge in [0.25, 0.3) is 0 Å². The van der Waals surface area contributed by atoms with E-state index in [9.17, 15) is 0 Å². The second-order valence-corrected chi connectivity index (χ2v) is 5.09. The molecular weight excluding hydrogens is 256 g/mol. The van der Waals surface area contributed by atoms with Crippen molar-refractivity contribution in [2.24, 2.45) is 0 Å². The topological polar surface area (TPSA) is 50.7 Å². The molecule has 2 heterocycles. The molecule has 6 heteroatoms. The molecule has 4 nitrogen and oxygen atoms in total. The highest BCUT2D eigenvalue weighted by Gasteiger charge is 2.11. The van der Waals surface area contributed by atoms with E-state index in [0.717, 1.165) is 22.1 Å². The Morgan fingerprint density at radius 3 is 2.76 bits per heavy atom. The first-order chi connectivity index (χ1) is 8.06. The molecule has 0 radical (unpaired) electrons. The second kappa shape index (κ2) is 4.98. The molecule has 17 heavy (non-hydrogen) atoms. The molecule has 1 unspecified atom stereocenters. The van der Waals surface area contributed by atoms with Crippen LogP contribution in [0.15, 0.2) is 11.6 Å². The Labute approximate surface area is 109 Å². The van der Waals surface area contributed by atoms with Gasteiger partial charge in [0, 0.05) is 22.8 Å². The van der Waals surface area contributed by atoms with Gasteiger partial charge >= 0.3 is 0 Å². The molecule has 1 N–H and O–H groups in total. The molecular formula is C11H13ClN4S. The van der Waals surface area contributed by atoms with Crippen LogP contribution in [-0.2, 0) is 0 Å². The van der Waals surface area contributed by atoms with Crippen LogP contribution in [0.1, 0.15) is 29.2 Å². The molecule has 2 aromatic rings. The van der Waals surface area contributed by atoms with Crippen molar-refractivity contribution >= 4 is 28.8 Å². The maximum atomic E-state index is 5.78. The van der Waals surface area contributed by atoms with Crippen molar-refractivity contribution in [3.05, 3.63) is 33.1 Å². The molecule has 0 spiro atoms. The summed E-state index contributed by atoms with van der Waals surface area (Å²) in [5, 5.41) is 6.62. The van der Waals surface area contributed by atoms with Crippen molar-refractivity contribution in [1.82, 2.24) is 15.0 Å². The summed E-state index contributed by atoms with van der Waals surface area (Å²) in [6, 6.07) is 0.110. The van der Waals surface area contributed by atoms with Gasteiger partial charge in [-0.1, -0.05) is 0 Å². The zero-order valence-corrected chi connectivity index (χ0v) is 11.4. The molecule has 0 saturated heterocycles. The van der Waals surface area contributed by atoms with Crippen LogP contribution in [0.3, 0.4) is 0 Å². The van der Waals surface area contributed by atoms with Crippen molar-refractivity contribution in [3.8, 4) is 0 Å². The van der Waals surface area contributed by atoms with Gasteiger partial charge in [-0.15, -0.1) is 11.3 Å². The number of aryl methyl sites for hydroxylation is 2. The maximum Gasteiger partial charge on any atom is 0.224 e. The van der Waals surface area contributed by atoms with E-state index in [1.54, 1.807) is 17.5 Å². The van der Waals surface area contributed by atoms with Crippen molar-refractivity contribution < 1.29 is 0 Å². The Hall–Kier alpha value is -1.20. The molecule has 0 aliphatic heterocycles. The molecule has 2 rings (SSSR count). The summed E-state index contributed by atoms with van der Waals surface area (Å²) in [5.41, 5.74) is 2.01. The Morgan fingerprint density at radius 2 is 2.12 bits per heavy atom. The van der Waals surface area contributed by atoms with Gasteiger partial charge in [0.15, 0.2) is 0 Å². The summed E-state index contributed by atoms with van der Waals surface area (Å²) in [5.74, 6) is 0.755. The smallest absolute Gasteiger partial charge is 0.224 e. The number of aromatic nitrogens is 3. The first-order valence-electron chi connectivity index (χ1n) is 5.24. The van der Waals surface area contributed by atoms with E-state index in [1.165, 1.54) is 0 Å². The molecule has 2 aromatic heterocycles. The predicted octanol–water partition coefficient (Wildman–Crippen LogP) is 3.38. The van der Waals surface area contributed by atoms with E-state index in [-0.39, 0.29) is 11.3 Å². The lowest BCUT2D eigenvalue weighted by Crippen LogP contribution is -2.09. The Morgan fingerprint density at radius 1 is 1.35 bits per heavy atom. The summed E-state index contributed by atoms with van der Waals surface area (Å²) in [6.07, 6.45) is 1.71. The van der Waals surface area contributed by atoms with Crippen LogP contribution in [0.2, 0.25) is 5.28 Å². The summed E-state index contributed by atoms with van der Waals surface area (Å²) < 4.78 is 0. The first kappa shape index (κ1) is 12.3. The fourth-order valence-corrected chi connectivity index (χ4v) is 2.34. The van der Waals surface area contributed by atoms with Crippen LogP contribution in [0.4, 0.5) is 5.82 Å². The average molecular weight is 269 g/mol. The second-order valence-electron chi connectivity index (χ2n) is 3.86. The quantitative estimate of drug-likeness (QED) is 0.867. The summed E-state index contributed by atoms with van der Waals surface area (Å²) in [4.78, 5) is 12.5. The molecule has 0 fully saturated rings. The van der Waals surface area contributed by atoms with Crippen molar-refractivity contribution in [1.29, 1.82) is 0 Å². The van der Waals surface area contributed by atoms with Gasteiger partial charge in [-0.25, -0.2) is 15.0 Å². The van der Waals surface area contributed by atoms with E-state index in [1.807, 2.05) is 26.2 Å². The number of nitrogens with one attached hydrogen (secondary N) is 1. The molecule has 0 amide bonds. The van der Waals surface area contributed by atoms with Crippen molar-refractivity contribution in [2.75, 3.05) is 5.32 Å². The number of anilines is 1. The molecule has 0 bridgehead atoms. The zero-order chi connectivity index (χ0) is 12.4. The van der Waals surface area contributed by atoms with Gasteiger partial charge < -0.3 is 5.32 Å². The van der Waals surface area contributed by atoms with E-state index >= 15 is 0 Å². The van der Waals surface area contributed by atoms with E-state index < -0.39 is 0 Å². The number of hydrogen-bond acceptors (Lipinski definition) is 5. The molecule has 0 aliphatic carbocycles. The largest absolute Gasteiger partial charge is 0.361 e. The van der Waals surface area contributed by atoms with Gasteiger partial charge in [0.2, 0.25) is 5.28 Å². The monoisotopic (exact) mass is 268 g/mol. The number of nitrogens with zero attached hydrogens (tertiary/aromatic N) is 3. The van der Waals surface area contributed by atoms with E-state index in [4.69, 9.17) is 11.6 Å². The Balaban J connectivity index is 2.18. The standard InChI is InChI=1S/C11H13ClN4S/c1-6-4-13-11(12)16-9(6)15-8(3)10-14-7(2)5-17-10/h4-5,8H,1-3H3,(H,13,15,16). The number of halogens is 1. The number of rotatable bonds is 3. The lowest BCUT2D eigenvalue weighted by atomic mass is 10.3. The summed E-state index contributed by atoms with van der Waals surface area (Å²) in [7, 11) is 0. The predicted molar refractivity (Wildman–Crippen MR) is 70.7 cm³/mol. The highest BCUT2D eigenvalue weighted by molar-refractivity contribution is 7.09. The highest BCUT2D eigenvalue weighted by atomic mass is 35.5. The average Bonchev–Trinajstić information content (AvgIpc) is 2.70. The van der Waals surface area contributed by atoms with E-state index in [2.05, 4.69) is 20.3 Å². The van der Waals surface area contributed by atoms with Gasteiger partial charge in [-0.3, -0.25) is 0 Å². The summed E-state index contributed by atoms with van der Waals surface area (Å²) >= 11 is 7.41. The first-order valence-corrected chi connectivity index (χ1v) is 6.49. The fraction of sp³-hybridized carbons (Fsp3) is 0.364. The SMILES string of the molecule is Cc1csc(C(C)Nc2nc(Cl)ncc2C)n1.